The molecule has 0 amide bonds. The van der Waals surface area contributed by atoms with Crippen molar-refractivity contribution in [1.29, 1.82) is 0 Å². The highest BCUT2D eigenvalue weighted by Crippen LogP contribution is 2.25. The first-order chi connectivity index (χ1) is 6.97. The van der Waals surface area contributed by atoms with Gasteiger partial charge in [0.05, 0.1) is 11.3 Å². The predicted molar refractivity (Wildman–Crippen MR) is 44.0 cm³/mol. The number of hydrogen-bond donors (Lipinski definition) is 2. The van der Waals surface area contributed by atoms with Gasteiger partial charge in [0.15, 0.2) is 5.69 Å². The molecular formula is C8H7F3N2O2. The average Bonchev–Trinajstić information content (AvgIpc) is 2.15. The van der Waals surface area contributed by atoms with Crippen molar-refractivity contribution in [2.75, 3.05) is 0 Å². The summed E-state index contributed by atoms with van der Waals surface area (Å²) in [4.78, 5) is 13.9. The van der Waals surface area contributed by atoms with Gasteiger partial charge in [0, 0.05) is 6.54 Å². The fourth-order valence-corrected chi connectivity index (χ4v) is 1.05. The fourth-order valence-electron chi connectivity index (χ4n) is 1.05. The highest BCUT2D eigenvalue weighted by atomic mass is 19.3. The monoisotopic (exact) mass is 220 g/mol. The van der Waals surface area contributed by atoms with Crippen LogP contribution in [0.1, 0.15) is 28.2 Å². The molecule has 0 fully saturated rings. The molecule has 4 nitrogen and oxygen atoms in total. The zero-order valence-electron chi connectivity index (χ0n) is 7.38. The Labute approximate surface area is 82.5 Å². The van der Waals surface area contributed by atoms with E-state index in [4.69, 9.17) is 10.8 Å². The highest BCUT2D eigenvalue weighted by molar-refractivity contribution is 5.87. The van der Waals surface area contributed by atoms with E-state index in [0.29, 0.717) is 6.07 Å². The molecule has 1 aromatic rings. The summed E-state index contributed by atoms with van der Waals surface area (Å²) < 4.78 is 37.7. The van der Waals surface area contributed by atoms with Crippen LogP contribution in [0.5, 0.6) is 0 Å². The molecule has 3 N–H and O–H groups in total. The van der Waals surface area contributed by atoms with Crippen molar-refractivity contribution < 1.29 is 23.1 Å². The molecule has 0 unspecified atom stereocenters. The Kier molecular flexibility index (Phi) is 3.25. The number of aromatic nitrogens is 1. The molecular weight excluding hydrogens is 213 g/mol. The Bertz CT molecular complexity index is 396. The van der Waals surface area contributed by atoms with Crippen molar-refractivity contribution in [1.82, 2.24) is 4.98 Å². The second kappa shape index (κ2) is 4.26. The number of carboxylic acids is 1. The third-order valence-corrected chi connectivity index (χ3v) is 1.69. The van der Waals surface area contributed by atoms with Crippen molar-refractivity contribution in [3.8, 4) is 0 Å². The van der Waals surface area contributed by atoms with Crippen molar-refractivity contribution >= 4 is 5.97 Å². The van der Waals surface area contributed by atoms with Crippen LogP contribution in [0.15, 0.2) is 6.07 Å². The summed E-state index contributed by atoms with van der Waals surface area (Å²) in [5, 5.41) is 8.56. The van der Waals surface area contributed by atoms with Gasteiger partial charge in [-0.05, 0) is 6.07 Å². The number of aromatic carboxylic acids is 1. The number of rotatable bonds is 3. The number of nitrogens with two attached hydrogens (primary N) is 1. The number of carbonyl (C=O) groups is 1. The molecule has 0 saturated carbocycles. The van der Waals surface area contributed by atoms with Crippen LogP contribution in [0.4, 0.5) is 13.2 Å². The lowest BCUT2D eigenvalue weighted by molar-refractivity contribution is 0.0674. The van der Waals surface area contributed by atoms with Gasteiger partial charge in [0.25, 0.3) is 6.43 Å². The first kappa shape index (κ1) is 11.4. The molecule has 0 aliphatic heterocycles. The van der Waals surface area contributed by atoms with Crippen LogP contribution in [0.3, 0.4) is 0 Å². The van der Waals surface area contributed by atoms with Gasteiger partial charge in [0.2, 0.25) is 0 Å². The Morgan fingerprint density at radius 3 is 2.60 bits per heavy atom. The van der Waals surface area contributed by atoms with Crippen LogP contribution in [-0.2, 0) is 6.54 Å². The van der Waals surface area contributed by atoms with Gasteiger partial charge < -0.3 is 10.8 Å². The molecule has 7 heteroatoms. The van der Waals surface area contributed by atoms with E-state index >= 15 is 0 Å². The second-order valence-corrected chi connectivity index (χ2v) is 2.67. The van der Waals surface area contributed by atoms with E-state index in [-0.39, 0.29) is 12.2 Å². The molecule has 0 spiro atoms. The third-order valence-electron chi connectivity index (χ3n) is 1.69. The minimum atomic E-state index is -3.23. The van der Waals surface area contributed by atoms with Gasteiger partial charge in [-0.25, -0.2) is 22.9 Å². The van der Waals surface area contributed by atoms with Crippen molar-refractivity contribution in [2.24, 2.45) is 5.73 Å². The molecule has 82 valence electrons. The predicted octanol–water partition coefficient (Wildman–Crippen LogP) is 1.32. The standard InChI is InChI=1S/C8H7F3N2O2/c9-4-1-3(2-12)13-6(8(14)15)5(4)7(10)11/h1,7H,2,12H2,(H,14,15). The number of pyridine rings is 1. The van der Waals surface area contributed by atoms with Gasteiger partial charge in [-0.2, -0.15) is 0 Å². The zero-order chi connectivity index (χ0) is 11.6. The second-order valence-electron chi connectivity index (χ2n) is 2.67. The summed E-state index contributed by atoms with van der Waals surface area (Å²) >= 11 is 0. The summed E-state index contributed by atoms with van der Waals surface area (Å²) in [5.41, 5.74) is 2.81. The lowest BCUT2D eigenvalue weighted by Crippen LogP contribution is -2.12. The number of alkyl halides is 2. The zero-order valence-corrected chi connectivity index (χ0v) is 7.38. The van der Waals surface area contributed by atoms with E-state index in [0.717, 1.165) is 0 Å². The highest BCUT2D eigenvalue weighted by Gasteiger charge is 2.24. The molecule has 0 aliphatic rings. The van der Waals surface area contributed by atoms with Gasteiger partial charge in [-0.1, -0.05) is 0 Å². The molecule has 0 bridgehead atoms. The normalized spacial score (nSPS) is 10.7. The van der Waals surface area contributed by atoms with Crippen molar-refractivity contribution in [3.63, 3.8) is 0 Å². The molecule has 0 aliphatic carbocycles. The van der Waals surface area contributed by atoms with Crippen LogP contribution in [0.25, 0.3) is 0 Å². The van der Waals surface area contributed by atoms with E-state index < -0.39 is 29.5 Å². The number of hydrogen-bond acceptors (Lipinski definition) is 3. The van der Waals surface area contributed by atoms with Crippen LogP contribution >= 0.6 is 0 Å². The SMILES string of the molecule is NCc1cc(F)c(C(F)F)c(C(=O)O)n1. The molecule has 0 radical (unpaired) electrons. The van der Waals surface area contributed by atoms with Gasteiger partial charge in [0.1, 0.15) is 5.82 Å². The Balaban J connectivity index is 3.42. The van der Waals surface area contributed by atoms with Gasteiger partial charge >= 0.3 is 5.97 Å². The number of halogens is 3. The molecule has 1 rings (SSSR count). The molecule has 1 aromatic heterocycles. The summed E-state index contributed by atoms with van der Waals surface area (Å²) in [5.74, 6) is -3.02. The molecule has 0 atom stereocenters. The Hall–Kier alpha value is -1.63. The topological polar surface area (TPSA) is 76.2 Å². The number of carboxylic acid groups (broad SMARTS) is 1. The minimum Gasteiger partial charge on any atom is -0.476 e. The van der Waals surface area contributed by atoms with E-state index in [1.165, 1.54) is 0 Å². The maximum absolute atomic E-state index is 13.1. The Morgan fingerprint density at radius 2 is 2.20 bits per heavy atom. The van der Waals surface area contributed by atoms with Crippen molar-refractivity contribution in [2.45, 2.75) is 13.0 Å². The van der Waals surface area contributed by atoms with Gasteiger partial charge in [-0.3, -0.25) is 0 Å². The van der Waals surface area contributed by atoms with E-state index in [9.17, 15) is 18.0 Å². The first-order valence-corrected chi connectivity index (χ1v) is 3.88. The van der Waals surface area contributed by atoms with Gasteiger partial charge in [-0.15, -0.1) is 0 Å². The summed E-state index contributed by atoms with van der Waals surface area (Å²) in [6.45, 7) is -0.222. The summed E-state index contributed by atoms with van der Waals surface area (Å²) in [6, 6.07) is 0.702. The average molecular weight is 220 g/mol. The lowest BCUT2D eigenvalue weighted by atomic mass is 10.1. The smallest absolute Gasteiger partial charge is 0.355 e. The molecule has 15 heavy (non-hydrogen) atoms. The van der Waals surface area contributed by atoms with Crippen molar-refractivity contribution in [3.05, 3.63) is 28.8 Å². The largest absolute Gasteiger partial charge is 0.476 e. The summed E-state index contributed by atoms with van der Waals surface area (Å²) in [7, 11) is 0. The molecule has 0 aromatic carbocycles. The van der Waals surface area contributed by atoms with E-state index in [1.54, 1.807) is 0 Å². The molecule has 1 heterocycles. The van der Waals surface area contributed by atoms with Crippen LogP contribution in [0.2, 0.25) is 0 Å². The van der Waals surface area contributed by atoms with Crippen LogP contribution < -0.4 is 5.73 Å². The van der Waals surface area contributed by atoms with Crippen LogP contribution in [0, 0.1) is 5.82 Å². The fraction of sp³-hybridized carbons (Fsp3) is 0.250. The van der Waals surface area contributed by atoms with Crippen LogP contribution in [-0.4, -0.2) is 16.1 Å². The third kappa shape index (κ3) is 2.24. The first-order valence-electron chi connectivity index (χ1n) is 3.88. The quantitative estimate of drug-likeness (QED) is 0.805. The Morgan fingerprint density at radius 1 is 1.60 bits per heavy atom. The summed E-state index contributed by atoms with van der Waals surface area (Å²) in [6.07, 6.45) is -3.23. The molecule has 0 saturated heterocycles. The maximum Gasteiger partial charge on any atom is 0.355 e. The maximum atomic E-state index is 13.1. The minimum absolute atomic E-state index is 0.0886. The van der Waals surface area contributed by atoms with E-state index in [2.05, 4.69) is 4.98 Å². The van der Waals surface area contributed by atoms with E-state index in [1.807, 2.05) is 0 Å². The lowest BCUT2D eigenvalue weighted by Gasteiger charge is -2.07. The number of nitrogens with zero attached hydrogens (tertiary/aromatic N) is 1.